The van der Waals surface area contributed by atoms with Gasteiger partial charge in [-0.1, -0.05) is 6.07 Å². The van der Waals surface area contributed by atoms with E-state index in [-0.39, 0.29) is 11.6 Å². The second kappa shape index (κ2) is 4.33. The van der Waals surface area contributed by atoms with Crippen molar-refractivity contribution >= 4 is 24.2 Å². The predicted octanol–water partition coefficient (Wildman–Crippen LogP) is 2.35. The van der Waals surface area contributed by atoms with Gasteiger partial charge in [0.1, 0.15) is 5.82 Å². The molecular weight excluding hydrogens is 284 g/mol. The van der Waals surface area contributed by atoms with Crippen LogP contribution in [-0.4, -0.2) is 24.2 Å². The van der Waals surface area contributed by atoms with Crippen LogP contribution in [-0.2, 0) is 19.5 Å². The van der Waals surface area contributed by atoms with E-state index in [0.29, 0.717) is 11.0 Å². The summed E-state index contributed by atoms with van der Waals surface area (Å²) >= 11 is 0. The molecule has 6 heteroatoms. The highest BCUT2D eigenvalue weighted by molar-refractivity contribution is 6.62. The van der Waals surface area contributed by atoms with Crippen LogP contribution in [0.4, 0.5) is 10.1 Å². The normalized spacial score (nSPS) is 24.3. The Morgan fingerprint density at radius 3 is 2.14 bits per heavy atom. The van der Waals surface area contributed by atoms with E-state index >= 15 is 0 Å². The van der Waals surface area contributed by atoms with Crippen LogP contribution in [0, 0.1) is 5.82 Å². The van der Waals surface area contributed by atoms with E-state index in [1.807, 2.05) is 27.7 Å². The number of amides is 1. The average molecular weight is 305 g/mol. The summed E-state index contributed by atoms with van der Waals surface area (Å²) in [6.45, 7) is 11.4. The lowest BCUT2D eigenvalue weighted by Crippen LogP contribution is -2.41. The van der Waals surface area contributed by atoms with Gasteiger partial charge in [0, 0.05) is 0 Å². The van der Waals surface area contributed by atoms with Crippen LogP contribution >= 0.6 is 0 Å². The van der Waals surface area contributed by atoms with Gasteiger partial charge in [0.15, 0.2) is 0 Å². The molecule has 3 rings (SSSR count). The van der Waals surface area contributed by atoms with E-state index in [2.05, 4.69) is 5.32 Å². The minimum atomic E-state index is -0.768. The molecule has 1 fully saturated rings. The lowest BCUT2D eigenvalue weighted by molar-refractivity contribution is -0.119. The average Bonchev–Trinajstić information content (AvgIpc) is 2.73. The van der Waals surface area contributed by atoms with Crippen molar-refractivity contribution in [1.29, 1.82) is 0 Å². The molecule has 2 aliphatic rings. The molecule has 2 aliphatic heterocycles. The number of halogens is 1. The maximum Gasteiger partial charge on any atom is 0.494 e. The summed E-state index contributed by atoms with van der Waals surface area (Å²) in [5.74, 6) is -0.659. The fourth-order valence-corrected chi connectivity index (χ4v) is 2.75. The Morgan fingerprint density at radius 2 is 1.59 bits per heavy atom. The van der Waals surface area contributed by atoms with Gasteiger partial charge in [-0.25, -0.2) is 4.39 Å². The highest BCUT2D eigenvalue weighted by Gasteiger charge is 2.52. The first-order chi connectivity index (χ1) is 9.96. The first kappa shape index (κ1) is 15.5. The van der Waals surface area contributed by atoms with Crippen molar-refractivity contribution in [3.05, 3.63) is 23.5 Å². The summed E-state index contributed by atoms with van der Waals surface area (Å²) < 4.78 is 26.3. The molecule has 118 valence electrons. The SMILES string of the molecule is CC1(C)C(=O)Nc2c(F)cc(B3OC(C)(C)C(C)(C)O3)cc21. The summed E-state index contributed by atoms with van der Waals surface area (Å²) in [6, 6.07) is 3.18. The number of hydrogen-bond donors (Lipinski definition) is 1. The van der Waals surface area contributed by atoms with Crippen molar-refractivity contribution in [3.63, 3.8) is 0 Å². The molecule has 1 saturated heterocycles. The molecule has 0 aromatic heterocycles. The van der Waals surface area contributed by atoms with Gasteiger partial charge in [-0.15, -0.1) is 0 Å². The van der Waals surface area contributed by atoms with E-state index in [1.165, 1.54) is 6.07 Å². The lowest BCUT2D eigenvalue weighted by Gasteiger charge is -2.32. The molecule has 0 spiro atoms. The number of hydrogen-bond acceptors (Lipinski definition) is 3. The molecule has 0 radical (unpaired) electrons. The van der Waals surface area contributed by atoms with Gasteiger partial charge >= 0.3 is 7.12 Å². The smallest absolute Gasteiger partial charge is 0.399 e. The van der Waals surface area contributed by atoms with Gasteiger partial charge in [0.25, 0.3) is 0 Å². The molecule has 4 nitrogen and oxygen atoms in total. The number of carbonyl (C=O) groups is 1. The summed E-state index contributed by atoms with van der Waals surface area (Å²) in [4.78, 5) is 12.0. The van der Waals surface area contributed by atoms with Crippen LogP contribution in [0.1, 0.15) is 47.1 Å². The number of carbonyl (C=O) groups excluding carboxylic acids is 1. The maximum atomic E-state index is 14.4. The van der Waals surface area contributed by atoms with Crippen LogP contribution in [0.15, 0.2) is 12.1 Å². The molecule has 2 heterocycles. The Labute approximate surface area is 130 Å². The molecular formula is C16H21BFNO3. The number of benzene rings is 1. The first-order valence-corrected chi connectivity index (χ1v) is 7.47. The minimum Gasteiger partial charge on any atom is -0.399 e. The van der Waals surface area contributed by atoms with Gasteiger partial charge in [0.2, 0.25) is 5.91 Å². The monoisotopic (exact) mass is 305 g/mol. The van der Waals surface area contributed by atoms with Crippen molar-refractivity contribution in [2.45, 2.75) is 58.2 Å². The third-order valence-electron chi connectivity index (χ3n) is 5.12. The maximum absolute atomic E-state index is 14.4. The minimum absolute atomic E-state index is 0.201. The summed E-state index contributed by atoms with van der Waals surface area (Å²) in [6.07, 6.45) is 0. The van der Waals surface area contributed by atoms with E-state index in [0.717, 1.165) is 0 Å². The highest BCUT2D eigenvalue weighted by atomic mass is 19.1. The number of rotatable bonds is 1. The molecule has 1 aromatic rings. The number of nitrogens with one attached hydrogen (secondary N) is 1. The quantitative estimate of drug-likeness (QED) is 0.810. The zero-order valence-electron chi connectivity index (χ0n) is 13.8. The second-order valence-corrected chi connectivity index (χ2v) is 7.59. The summed E-state index contributed by atoms with van der Waals surface area (Å²) in [5.41, 5.74) is -0.250. The zero-order valence-corrected chi connectivity index (χ0v) is 13.8. The van der Waals surface area contributed by atoms with E-state index in [4.69, 9.17) is 9.31 Å². The Balaban J connectivity index is 2.04. The molecule has 22 heavy (non-hydrogen) atoms. The first-order valence-electron chi connectivity index (χ1n) is 7.47. The van der Waals surface area contributed by atoms with Crippen molar-refractivity contribution in [2.75, 3.05) is 5.32 Å². The summed E-state index contributed by atoms with van der Waals surface area (Å²) in [5, 5.41) is 2.61. The molecule has 0 bridgehead atoms. The van der Waals surface area contributed by atoms with Crippen molar-refractivity contribution in [3.8, 4) is 0 Å². The Morgan fingerprint density at radius 1 is 1.05 bits per heavy atom. The molecule has 1 N–H and O–H groups in total. The second-order valence-electron chi connectivity index (χ2n) is 7.59. The van der Waals surface area contributed by atoms with Crippen LogP contribution in [0.5, 0.6) is 0 Å². The van der Waals surface area contributed by atoms with Crippen molar-refractivity contribution < 1.29 is 18.5 Å². The molecule has 0 saturated carbocycles. The molecule has 0 unspecified atom stereocenters. The number of anilines is 1. The van der Waals surface area contributed by atoms with Crippen LogP contribution in [0.2, 0.25) is 0 Å². The van der Waals surface area contributed by atoms with Gasteiger partial charge in [-0.3, -0.25) is 4.79 Å². The Kier molecular flexibility index (Phi) is 3.05. The van der Waals surface area contributed by atoms with E-state index < -0.39 is 29.6 Å². The molecule has 1 amide bonds. The van der Waals surface area contributed by atoms with Gasteiger partial charge in [0.05, 0.1) is 22.3 Å². The van der Waals surface area contributed by atoms with Crippen LogP contribution in [0.25, 0.3) is 0 Å². The molecule has 0 aliphatic carbocycles. The largest absolute Gasteiger partial charge is 0.494 e. The molecule has 1 aromatic carbocycles. The van der Waals surface area contributed by atoms with E-state index in [9.17, 15) is 9.18 Å². The van der Waals surface area contributed by atoms with E-state index in [1.54, 1.807) is 19.9 Å². The van der Waals surface area contributed by atoms with Gasteiger partial charge in [-0.05, 0) is 58.6 Å². The van der Waals surface area contributed by atoms with Crippen LogP contribution in [0.3, 0.4) is 0 Å². The highest BCUT2D eigenvalue weighted by Crippen LogP contribution is 2.40. The Bertz CT molecular complexity index is 654. The standard InChI is InChI=1S/C16H21BFNO3/c1-14(2)10-7-9(8-11(18)12(10)19-13(14)20)17-21-15(3,4)16(5,6)22-17/h7-8H,1-6H3,(H,19,20). The fraction of sp³-hybridized carbons (Fsp3) is 0.562. The van der Waals surface area contributed by atoms with Gasteiger partial charge in [-0.2, -0.15) is 0 Å². The Hall–Kier alpha value is -1.40. The topological polar surface area (TPSA) is 47.6 Å². The van der Waals surface area contributed by atoms with Crippen molar-refractivity contribution in [2.24, 2.45) is 0 Å². The predicted molar refractivity (Wildman–Crippen MR) is 83.8 cm³/mol. The summed E-state index contributed by atoms with van der Waals surface area (Å²) in [7, 11) is -0.642. The zero-order chi connectivity index (χ0) is 16.5. The third kappa shape index (κ3) is 2.01. The number of fused-ring (bicyclic) bond motifs is 1. The van der Waals surface area contributed by atoms with Gasteiger partial charge < -0.3 is 14.6 Å². The van der Waals surface area contributed by atoms with Crippen LogP contribution < -0.4 is 10.8 Å². The fourth-order valence-electron chi connectivity index (χ4n) is 2.75. The lowest BCUT2D eigenvalue weighted by atomic mass is 9.75. The molecule has 0 atom stereocenters. The van der Waals surface area contributed by atoms with Crippen molar-refractivity contribution in [1.82, 2.24) is 0 Å². The third-order valence-corrected chi connectivity index (χ3v) is 5.12.